The van der Waals surface area contributed by atoms with Gasteiger partial charge in [-0.1, -0.05) is 23.7 Å². The van der Waals surface area contributed by atoms with E-state index in [9.17, 15) is 4.79 Å². The van der Waals surface area contributed by atoms with Crippen molar-refractivity contribution in [3.05, 3.63) is 34.3 Å². The Bertz CT molecular complexity index is 422. The fraction of sp³-hybridized carbons (Fsp3) is 0.364. The van der Waals surface area contributed by atoms with Crippen LogP contribution in [-0.2, 0) is 17.6 Å². The van der Waals surface area contributed by atoms with E-state index in [1.54, 1.807) is 0 Å². The van der Waals surface area contributed by atoms with Crippen molar-refractivity contribution in [3.63, 3.8) is 0 Å². The number of carbonyl (C=O) groups excluding carboxylic acids is 1. The summed E-state index contributed by atoms with van der Waals surface area (Å²) in [6, 6.07) is 5.74. The van der Waals surface area contributed by atoms with Gasteiger partial charge in [-0.25, -0.2) is 0 Å². The fourth-order valence-corrected chi connectivity index (χ4v) is 2.27. The van der Waals surface area contributed by atoms with Gasteiger partial charge in [0.1, 0.15) is 0 Å². The molecule has 1 atom stereocenters. The molecule has 0 heterocycles. The summed E-state index contributed by atoms with van der Waals surface area (Å²) in [6.45, 7) is 0. The molecule has 0 bridgehead atoms. The number of nitrogens with two attached hydrogens (primary N) is 2. The Balaban J connectivity index is 0.00000128. The standard InChI is InChI=1S/C11H13ClN2O.ClH/c12-9-3-1-2-7-4-5-11(14,10(13)15)6-8(7)9;/h1-3H,4-6,14H2,(H2,13,15);1H. The summed E-state index contributed by atoms with van der Waals surface area (Å²) in [5.74, 6) is -0.451. The number of halogens is 2. The van der Waals surface area contributed by atoms with Gasteiger partial charge in [0.25, 0.3) is 0 Å². The van der Waals surface area contributed by atoms with Crippen LogP contribution in [0.3, 0.4) is 0 Å². The first-order chi connectivity index (χ1) is 7.03. The molecular formula is C11H14Cl2N2O. The largest absolute Gasteiger partial charge is 0.368 e. The van der Waals surface area contributed by atoms with Crippen molar-refractivity contribution >= 4 is 29.9 Å². The Kier molecular flexibility index (Phi) is 3.84. The third-order valence-corrected chi connectivity index (χ3v) is 3.39. The Morgan fingerprint density at radius 2 is 2.12 bits per heavy atom. The quantitative estimate of drug-likeness (QED) is 0.803. The van der Waals surface area contributed by atoms with Gasteiger partial charge in [-0.15, -0.1) is 12.4 Å². The molecule has 1 aliphatic rings. The lowest BCUT2D eigenvalue weighted by molar-refractivity contribution is -0.123. The zero-order valence-electron chi connectivity index (χ0n) is 8.70. The molecule has 2 rings (SSSR count). The van der Waals surface area contributed by atoms with Gasteiger partial charge in [-0.3, -0.25) is 4.79 Å². The topological polar surface area (TPSA) is 69.1 Å². The van der Waals surface area contributed by atoms with E-state index in [0.717, 1.165) is 12.0 Å². The van der Waals surface area contributed by atoms with E-state index in [1.165, 1.54) is 5.56 Å². The molecule has 0 radical (unpaired) electrons. The average molecular weight is 261 g/mol. The van der Waals surface area contributed by atoms with E-state index in [0.29, 0.717) is 17.9 Å². The molecule has 0 saturated carbocycles. The number of benzene rings is 1. The summed E-state index contributed by atoms with van der Waals surface area (Å²) < 4.78 is 0. The van der Waals surface area contributed by atoms with Crippen molar-refractivity contribution in [1.82, 2.24) is 0 Å². The summed E-state index contributed by atoms with van der Waals surface area (Å²) in [6.07, 6.45) is 1.79. The lowest BCUT2D eigenvalue weighted by Crippen LogP contribution is -2.55. The second-order valence-corrected chi connectivity index (χ2v) is 4.48. The van der Waals surface area contributed by atoms with Crippen LogP contribution < -0.4 is 11.5 Å². The molecule has 1 amide bonds. The maximum absolute atomic E-state index is 11.3. The molecule has 3 nitrogen and oxygen atoms in total. The number of hydrogen-bond donors (Lipinski definition) is 2. The molecule has 0 spiro atoms. The summed E-state index contributed by atoms with van der Waals surface area (Å²) in [4.78, 5) is 11.3. The Morgan fingerprint density at radius 3 is 2.75 bits per heavy atom. The minimum absolute atomic E-state index is 0. The molecular weight excluding hydrogens is 247 g/mol. The van der Waals surface area contributed by atoms with Gasteiger partial charge in [0.2, 0.25) is 5.91 Å². The Labute approximate surface area is 106 Å². The highest BCUT2D eigenvalue weighted by Crippen LogP contribution is 2.31. The van der Waals surface area contributed by atoms with Crippen LogP contribution >= 0.6 is 24.0 Å². The molecule has 0 fully saturated rings. The van der Waals surface area contributed by atoms with Gasteiger partial charge in [-0.05, 0) is 30.0 Å². The van der Waals surface area contributed by atoms with E-state index < -0.39 is 11.4 Å². The molecule has 0 aromatic heterocycles. The highest BCUT2D eigenvalue weighted by Gasteiger charge is 2.36. The predicted molar refractivity (Wildman–Crippen MR) is 66.8 cm³/mol. The molecule has 4 N–H and O–H groups in total. The fourth-order valence-electron chi connectivity index (χ4n) is 2.01. The van der Waals surface area contributed by atoms with Crippen LogP contribution in [0.1, 0.15) is 17.5 Å². The van der Waals surface area contributed by atoms with Gasteiger partial charge < -0.3 is 11.5 Å². The maximum Gasteiger partial charge on any atom is 0.237 e. The number of rotatable bonds is 1. The molecule has 0 aliphatic heterocycles. The summed E-state index contributed by atoms with van der Waals surface area (Å²) in [5, 5.41) is 0.670. The summed E-state index contributed by atoms with van der Waals surface area (Å²) in [5.41, 5.74) is 12.5. The first kappa shape index (κ1) is 13.3. The average Bonchev–Trinajstić information content (AvgIpc) is 2.19. The number of hydrogen-bond acceptors (Lipinski definition) is 2. The molecule has 5 heteroatoms. The van der Waals surface area contributed by atoms with E-state index >= 15 is 0 Å². The van der Waals surface area contributed by atoms with Crippen molar-refractivity contribution in [2.75, 3.05) is 0 Å². The molecule has 1 unspecified atom stereocenters. The van der Waals surface area contributed by atoms with Crippen LogP contribution in [0.25, 0.3) is 0 Å². The summed E-state index contributed by atoms with van der Waals surface area (Å²) in [7, 11) is 0. The molecule has 1 aromatic rings. The van der Waals surface area contributed by atoms with Crippen LogP contribution in [0.4, 0.5) is 0 Å². The summed E-state index contributed by atoms with van der Waals surface area (Å²) >= 11 is 6.07. The van der Waals surface area contributed by atoms with Crippen molar-refractivity contribution in [1.29, 1.82) is 0 Å². The number of aryl methyl sites for hydroxylation is 1. The molecule has 0 saturated heterocycles. The number of carbonyl (C=O) groups is 1. The van der Waals surface area contributed by atoms with Crippen molar-refractivity contribution in [2.45, 2.75) is 24.8 Å². The SMILES string of the molecule is Cl.NC(=O)C1(N)CCc2cccc(Cl)c2C1. The van der Waals surface area contributed by atoms with E-state index in [2.05, 4.69) is 0 Å². The van der Waals surface area contributed by atoms with E-state index in [1.807, 2.05) is 18.2 Å². The zero-order chi connectivity index (χ0) is 11.1. The van der Waals surface area contributed by atoms with E-state index in [4.69, 9.17) is 23.1 Å². The lowest BCUT2D eigenvalue weighted by Gasteiger charge is -2.32. The van der Waals surface area contributed by atoms with Crippen molar-refractivity contribution in [2.24, 2.45) is 11.5 Å². The second kappa shape index (κ2) is 4.62. The van der Waals surface area contributed by atoms with Crippen LogP contribution in [-0.4, -0.2) is 11.4 Å². The first-order valence-corrected chi connectivity index (χ1v) is 5.26. The van der Waals surface area contributed by atoms with Crippen LogP contribution in [0.15, 0.2) is 18.2 Å². The number of primary amides is 1. The van der Waals surface area contributed by atoms with Gasteiger partial charge >= 0.3 is 0 Å². The normalized spacial score (nSPS) is 23.1. The van der Waals surface area contributed by atoms with Gasteiger partial charge in [0.15, 0.2) is 0 Å². The third kappa shape index (κ3) is 2.17. The van der Waals surface area contributed by atoms with Crippen LogP contribution in [0, 0.1) is 0 Å². The van der Waals surface area contributed by atoms with Gasteiger partial charge in [-0.2, -0.15) is 0 Å². The molecule has 88 valence electrons. The number of fused-ring (bicyclic) bond motifs is 1. The molecule has 1 aromatic carbocycles. The van der Waals surface area contributed by atoms with Crippen LogP contribution in [0.5, 0.6) is 0 Å². The van der Waals surface area contributed by atoms with Gasteiger partial charge in [0.05, 0.1) is 5.54 Å². The lowest BCUT2D eigenvalue weighted by atomic mass is 9.78. The minimum atomic E-state index is -0.933. The molecule has 1 aliphatic carbocycles. The maximum atomic E-state index is 11.3. The Morgan fingerprint density at radius 1 is 1.44 bits per heavy atom. The number of amides is 1. The second-order valence-electron chi connectivity index (χ2n) is 4.07. The molecule has 16 heavy (non-hydrogen) atoms. The van der Waals surface area contributed by atoms with Gasteiger partial charge in [0, 0.05) is 11.4 Å². The minimum Gasteiger partial charge on any atom is -0.368 e. The van der Waals surface area contributed by atoms with E-state index in [-0.39, 0.29) is 12.4 Å². The zero-order valence-corrected chi connectivity index (χ0v) is 10.3. The third-order valence-electron chi connectivity index (χ3n) is 3.04. The predicted octanol–water partition coefficient (Wildman–Crippen LogP) is 1.43. The highest BCUT2D eigenvalue weighted by molar-refractivity contribution is 6.31. The first-order valence-electron chi connectivity index (χ1n) is 4.88. The smallest absolute Gasteiger partial charge is 0.237 e. The van der Waals surface area contributed by atoms with Crippen molar-refractivity contribution < 1.29 is 4.79 Å². The monoisotopic (exact) mass is 260 g/mol. The highest BCUT2D eigenvalue weighted by atomic mass is 35.5. The van der Waals surface area contributed by atoms with Crippen molar-refractivity contribution in [3.8, 4) is 0 Å². The van der Waals surface area contributed by atoms with Crippen LogP contribution in [0.2, 0.25) is 5.02 Å². The Hall–Kier alpha value is -0.770.